The highest BCUT2D eigenvalue weighted by molar-refractivity contribution is 5.68. The summed E-state index contributed by atoms with van der Waals surface area (Å²) in [6, 6.07) is 0. The van der Waals surface area contributed by atoms with E-state index in [1.54, 1.807) is 20.8 Å². The lowest BCUT2D eigenvalue weighted by molar-refractivity contribution is -0.141. The second-order valence-electron chi connectivity index (χ2n) is 5.97. The second kappa shape index (κ2) is 5.79. The average Bonchev–Trinajstić information content (AvgIpc) is 2.86. The summed E-state index contributed by atoms with van der Waals surface area (Å²) >= 11 is 0. The minimum Gasteiger partial charge on any atom is -0.444 e. The highest BCUT2D eigenvalue weighted by Gasteiger charge is 2.35. The molecule has 1 unspecified atom stereocenters. The molecule has 0 saturated carbocycles. The molecule has 1 aliphatic rings. The first-order valence-corrected chi connectivity index (χ1v) is 6.78. The quantitative estimate of drug-likeness (QED) is 0.863. The zero-order valence-corrected chi connectivity index (χ0v) is 12.5. The molecule has 6 nitrogen and oxygen atoms in total. The van der Waals surface area contributed by atoms with Crippen molar-refractivity contribution < 1.29 is 27.4 Å². The maximum Gasteiger partial charge on any atom is 0.432 e. The Morgan fingerprint density at radius 1 is 1.45 bits per heavy atom. The summed E-state index contributed by atoms with van der Waals surface area (Å²) in [5.41, 5.74) is -1.58. The number of hydrogen-bond acceptors (Lipinski definition) is 4. The van der Waals surface area contributed by atoms with Crippen molar-refractivity contribution in [3.63, 3.8) is 0 Å². The molecule has 0 spiro atoms. The minimum atomic E-state index is -4.50. The normalized spacial score (nSPS) is 20.1. The standard InChI is InChI=1S/C13H18F3N3O3/c1-12(2,3)22-11(20)19-4-5-21-8(7-19)10-17-6-9(18-10)13(14,15)16/h6,8H,4-5,7H2,1-3H3,(H,17,18). The van der Waals surface area contributed by atoms with Crippen LogP contribution < -0.4 is 0 Å². The number of imidazole rings is 1. The Morgan fingerprint density at radius 3 is 2.68 bits per heavy atom. The van der Waals surface area contributed by atoms with Gasteiger partial charge < -0.3 is 19.4 Å². The first kappa shape index (κ1) is 16.6. The number of halogens is 3. The SMILES string of the molecule is CC(C)(C)OC(=O)N1CCOC(c2ncc(C(F)(F)F)[nH]2)C1. The molecule has 1 aromatic heterocycles. The molecule has 9 heteroatoms. The van der Waals surface area contributed by atoms with Gasteiger partial charge in [-0.15, -0.1) is 0 Å². The van der Waals surface area contributed by atoms with E-state index in [0.717, 1.165) is 0 Å². The van der Waals surface area contributed by atoms with Crippen molar-refractivity contribution in [1.82, 2.24) is 14.9 Å². The lowest BCUT2D eigenvalue weighted by Gasteiger charge is -2.33. The number of nitrogens with one attached hydrogen (secondary N) is 1. The number of ether oxygens (including phenoxy) is 2. The van der Waals surface area contributed by atoms with Crippen molar-refractivity contribution in [2.45, 2.75) is 38.7 Å². The molecule has 2 heterocycles. The van der Waals surface area contributed by atoms with Crippen molar-refractivity contribution in [3.05, 3.63) is 17.7 Å². The lowest BCUT2D eigenvalue weighted by Crippen LogP contribution is -2.44. The number of morpholine rings is 1. The average molecular weight is 321 g/mol. The van der Waals surface area contributed by atoms with E-state index >= 15 is 0 Å². The van der Waals surface area contributed by atoms with Crippen molar-refractivity contribution >= 4 is 6.09 Å². The molecule has 0 radical (unpaired) electrons. The zero-order chi connectivity index (χ0) is 16.5. The topological polar surface area (TPSA) is 67.4 Å². The summed E-state index contributed by atoms with van der Waals surface area (Å²) in [6.07, 6.45) is -5.05. The highest BCUT2D eigenvalue weighted by Crippen LogP contribution is 2.29. The van der Waals surface area contributed by atoms with Gasteiger partial charge >= 0.3 is 12.3 Å². The minimum absolute atomic E-state index is 0.0422. The maximum absolute atomic E-state index is 12.6. The van der Waals surface area contributed by atoms with Gasteiger partial charge in [0.1, 0.15) is 23.2 Å². The molecule has 1 fully saturated rings. The Hall–Kier alpha value is -1.77. The van der Waals surface area contributed by atoms with Gasteiger partial charge in [-0.2, -0.15) is 13.2 Å². The highest BCUT2D eigenvalue weighted by atomic mass is 19.4. The summed E-state index contributed by atoms with van der Waals surface area (Å²) in [6.45, 7) is 5.82. The number of amides is 1. The molecular weight excluding hydrogens is 303 g/mol. The van der Waals surface area contributed by atoms with Crippen molar-refractivity contribution in [1.29, 1.82) is 0 Å². The number of nitrogens with zero attached hydrogens (tertiary/aromatic N) is 2. The van der Waals surface area contributed by atoms with E-state index in [1.165, 1.54) is 4.90 Å². The second-order valence-corrected chi connectivity index (χ2v) is 5.97. The van der Waals surface area contributed by atoms with E-state index in [-0.39, 0.29) is 19.0 Å². The van der Waals surface area contributed by atoms with Crippen molar-refractivity contribution in [2.24, 2.45) is 0 Å². The van der Waals surface area contributed by atoms with Gasteiger partial charge in [0.05, 0.1) is 19.3 Å². The van der Waals surface area contributed by atoms with Gasteiger partial charge in [-0.25, -0.2) is 9.78 Å². The van der Waals surface area contributed by atoms with Crippen LogP contribution in [0, 0.1) is 0 Å². The third-order valence-electron chi connectivity index (χ3n) is 2.92. The molecule has 1 saturated heterocycles. The predicted molar refractivity (Wildman–Crippen MR) is 70.1 cm³/mol. The van der Waals surface area contributed by atoms with Gasteiger partial charge in [0.25, 0.3) is 0 Å². The summed E-state index contributed by atoms with van der Waals surface area (Å²) in [7, 11) is 0. The van der Waals surface area contributed by atoms with E-state index in [0.29, 0.717) is 12.7 Å². The largest absolute Gasteiger partial charge is 0.444 e. The lowest BCUT2D eigenvalue weighted by atomic mass is 10.2. The van der Waals surface area contributed by atoms with Crippen LogP contribution in [0.1, 0.15) is 38.4 Å². The molecule has 1 N–H and O–H groups in total. The van der Waals surface area contributed by atoms with Gasteiger partial charge in [0.2, 0.25) is 0 Å². The fourth-order valence-electron chi connectivity index (χ4n) is 1.95. The Balaban J connectivity index is 2.04. The van der Waals surface area contributed by atoms with Gasteiger partial charge in [0, 0.05) is 6.54 Å². The molecule has 124 valence electrons. The molecule has 0 aliphatic carbocycles. The van der Waals surface area contributed by atoms with E-state index in [4.69, 9.17) is 9.47 Å². The van der Waals surface area contributed by atoms with E-state index in [2.05, 4.69) is 9.97 Å². The monoisotopic (exact) mass is 321 g/mol. The molecule has 1 atom stereocenters. The number of H-pyrrole nitrogens is 1. The smallest absolute Gasteiger partial charge is 0.432 e. The van der Waals surface area contributed by atoms with Crippen LogP contribution in [0.4, 0.5) is 18.0 Å². The van der Waals surface area contributed by atoms with Crippen LogP contribution in [0.3, 0.4) is 0 Å². The van der Waals surface area contributed by atoms with Crippen LogP contribution in [0.5, 0.6) is 0 Å². The molecule has 0 aromatic carbocycles. The molecule has 1 aliphatic heterocycles. The first-order chi connectivity index (χ1) is 10.1. The third-order valence-corrected chi connectivity index (χ3v) is 2.92. The van der Waals surface area contributed by atoms with Gasteiger partial charge in [-0.1, -0.05) is 0 Å². The molecule has 22 heavy (non-hydrogen) atoms. The number of carbonyl (C=O) groups is 1. The fourth-order valence-corrected chi connectivity index (χ4v) is 1.95. The number of aromatic nitrogens is 2. The van der Waals surface area contributed by atoms with Crippen LogP contribution in [0.15, 0.2) is 6.20 Å². The summed E-state index contributed by atoms with van der Waals surface area (Å²) < 4.78 is 48.3. The third kappa shape index (κ3) is 4.12. The van der Waals surface area contributed by atoms with E-state index < -0.39 is 29.7 Å². The summed E-state index contributed by atoms with van der Waals surface area (Å²) in [5.74, 6) is 0.0422. The van der Waals surface area contributed by atoms with Crippen LogP contribution in [0.2, 0.25) is 0 Å². The predicted octanol–water partition coefficient (Wildman–Crippen LogP) is 2.74. The van der Waals surface area contributed by atoms with E-state index in [9.17, 15) is 18.0 Å². The number of hydrogen-bond donors (Lipinski definition) is 1. The Labute approximate surface area is 125 Å². The number of rotatable bonds is 1. The number of aromatic amines is 1. The molecule has 0 bridgehead atoms. The molecule has 1 aromatic rings. The maximum atomic E-state index is 12.6. The first-order valence-electron chi connectivity index (χ1n) is 6.78. The Kier molecular flexibility index (Phi) is 4.37. The van der Waals surface area contributed by atoms with Crippen molar-refractivity contribution in [3.8, 4) is 0 Å². The van der Waals surface area contributed by atoms with Crippen LogP contribution in [-0.2, 0) is 15.7 Å². The molecular formula is C13H18F3N3O3. The van der Waals surface area contributed by atoms with Gasteiger partial charge in [0.15, 0.2) is 0 Å². The summed E-state index contributed by atoms with van der Waals surface area (Å²) in [4.78, 5) is 19.3. The van der Waals surface area contributed by atoms with Crippen molar-refractivity contribution in [2.75, 3.05) is 19.7 Å². The molecule has 1 amide bonds. The van der Waals surface area contributed by atoms with Crippen LogP contribution >= 0.6 is 0 Å². The van der Waals surface area contributed by atoms with Crippen LogP contribution in [-0.4, -0.2) is 46.3 Å². The van der Waals surface area contributed by atoms with Gasteiger partial charge in [-0.3, -0.25) is 0 Å². The molecule has 2 rings (SSSR count). The number of alkyl halides is 3. The van der Waals surface area contributed by atoms with Gasteiger partial charge in [-0.05, 0) is 20.8 Å². The van der Waals surface area contributed by atoms with E-state index in [1.807, 2.05) is 0 Å². The van der Waals surface area contributed by atoms with Crippen LogP contribution in [0.25, 0.3) is 0 Å². The zero-order valence-electron chi connectivity index (χ0n) is 12.5. The Morgan fingerprint density at radius 2 is 2.14 bits per heavy atom. The fraction of sp³-hybridized carbons (Fsp3) is 0.692. The number of carbonyl (C=O) groups excluding carboxylic acids is 1. The summed E-state index contributed by atoms with van der Waals surface area (Å²) in [5, 5.41) is 0. The Bertz CT molecular complexity index is 537.